The maximum Gasteiger partial charge on any atom is 0.393 e. The minimum Gasteiger partial charge on any atom is -0.380 e. The number of methoxy groups -OCH3 is 1. The minimum absolute atomic E-state index is 0.0845. The summed E-state index contributed by atoms with van der Waals surface area (Å²) in [5, 5.41) is 2.55. The summed E-state index contributed by atoms with van der Waals surface area (Å²) in [4.78, 5) is 12.1. The third kappa shape index (κ3) is 4.22. The van der Waals surface area contributed by atoms with Gasteiger partial charge in [-0.25, -0.2) is 0 Å². The Bertz CT molecular complexity index is 499. The molecule has 0 radical (unpaired) electrons. The van der Waals surface area contributed by atoms with E-state index in [1.807, 2.05) is 0 Å². The van der Waals surface area contributed by atoms with Crippen LogP contribution in [-0.2, 0) is 11.3 Å². The number of hydrogen-bond donors (Lipinski definition) is 1. The SMILES string of the molecule is COCc1ccc(C(=O)N[C@H]2CCCC[C@H]2C(F)(F)F)cc1. The minimum atomic E-state index is -4.26. The lowest BCUT2D eigenvalue weighted by Gasteiger charge is -2.33. The molecule has 2 atom stereocenters. The van der Waals surface area contributed by atoms with Gasteiger partial charge in [0.05, 0.1) is 12.5 Å². The highest BCUT2D eigenvalue weighted by molar-refractivity contribution is 5.94. The molecule has 6 heteroatoms. The van der Waals surface area contributed by atoms with Crippen molar-refractivity contribution in [2.45, 2.75) is 44.5 Å². The molecule has 1 amide bonds. The van der Waals surface area contributed by atoms with Crippen LogP contribution in [0.1, 0.15) is 41.6 Å². The molecule has 0 heterocycles. The van der Waals surface area contributed by atoms with Crippen LogP contribution >= 0.6 is 0 Å². The summed E-state index contributed by atoms with van der Waals surface area (Å²) in [6.45, 7) is 0.431. The number of halogens is 3. The largest absolute Gasteiger partial charge is 0.393 e. The second-order valence-electron chi connectivity index (χ2n) is 5.64. The van der Waals surface area contributed by atoms with Crippen molar-refractivity contribution in [2.24, 2.45) is 5.92 Å². The van der Waals surface area contributed by atoms with Gasteiger partial charge in [-0.2, -0.15) is 13.2 Å². The number of ether oxygens (including phenoxy) is 1. The Hall–Kier alpha value is -1.56. The quantitative estimate of drug-likeness (QED) is 0.920. The van der Waals surface area contributed by atoms with E-state index in [-0.39, 0.29) is 6.42 Å². The maximum absolute atomic E-state index is 13.0. The molecule has 0 spiro atoms. The molecule has 1 aromatic carbocycles. The molecule has 122 valence electrons. The average molecular weight is 315 g/mol. The van der Waals surface area contributed by atoms with Gasteiger partial charge < -0.3 is 10.1 Å². The Morgan fingerprint density at radius 1 is 1.23 bits per heavy atom. The van der Waals surface area contributed by atoms with Gasteiger partial charge in [-0.15, -0.1) is 0 Å². The second-order valence-corrected chi connectivity index (χ2v) is 5.64. The van der Waals surface area contributed by atoms with E-state index in [4.69, 9.17) is 4.74 Å². The number of benzene rings is 1. The number of nitrogens with one attached hydrogen (secondary N) is 1. The van der Waals surface area contributed by atoms with Gasteiger partial charge in [0.15, 0.2) is 0 Å². The summed E-state index contributed by atoms with van der Waals surface area (Å²) >= 11 is 0. The van der Waals surface area contributed by atoms with Gasteiger partial charge in [0.2, 0.25) is 0 Å². The number of carbonyl (C=O) groups excluding carboxylic acids is 1. The van der Waals surface area contributed by atoms with Gasteiger partial charge in [0, 0.05) is 18.7 Å². The van der Waals surface area contributed by atoms with Crippen LogP contribution in [0.2, 0.25) is 0 Å². The smallest absolute Gasteiger partial charge is 0.380 e. The molecule has 3 nitrogen and oxygen atoms in total. The van der Waals surface area contributed by atoms with Crippen LogP contribution < -0.4 is 5.32 Å². The normalized spacial score (nSPS) is 22.4. The average Bonchev–Trinajstić information content (AvgIpc) is 2.48. The highest BCUT2D eigenvalue weighted by Crippen LogP contribution is 2.37. The van der Waals surface area contributed by atoms with Gasteiger partial charge in [-0.1, -0.05) is 25.0 Å². The molecule has 1 fully saturated rings. The first-order valence-corrected chi connectivity index (χ1v) is 7.37. The molecule has 1 saturated carbocycles. The molecule has 1 N–H and O–H groups in total. The predicted octanol–water partition coefficient (Wildman–Crippen LogP) is 3.68. The fraction of sp³-hybridized carbons (Fsp3) is 0.562. The molecule has 2 rings (SSSR count). The summed E-state index contributed by atoms with van der Waals surface area (Å²) in [5.74, 6) is -1.90. The standard InChI is InChI=1S/C16H20F3NO2/c1-22-10-11-6-8-12(9-7-11)15(21)20-14-5-3-2-4-13(14)16(17,18)19/h6-9,13-14H,2-5,10H2,1H3,(H,20,21)/t13-,14+/m1/s1. The molecule has 0 aromatic heterocycles. The van der Waals surface area contributed by atoms with Crippen molar-refractivity contribution in [2.75, 3.05) is 7.11 Å². The number of amides is 1. The fourth-order valence-electron chi connectivity index (χ4n) is 2.87. The Kier molecular flexibility index (Phi) is 5.45. The van der Waals surface area contributed by atoms with Gasteiger partial charge in [-0.05, 0) is 30.5 Å². The highest BCUT2D eigenvalue weighted by Gasteiger charge is 2.45. The lowest BCUT2D eigenvalue weighted by atomic mass is 9.84. The summed E-state index contributed by atoms with van der Waals surface area (Å²) in [5.41, 5.74) is 1.27. The highest BCUT2D eigenvalue weighted by atomic mass is 19.4. The summed E-state index contributed by atoms with van der Waals surface area (Å²) in [7, 11) is 1.57. The first-order chi connectivity index (χ1) is 10.4. The second kappa shape index (κ2) is 7.13. The molecular formula is C16H20F3NO2. The van der Waals surface area contributed by atoms with Crippen molar-refractivity contribution in [3.8, 4) is 0 Å². The third-order valence-corrected chi connectivity index (χ3v) is 4.03. The van der Waals surface area contributed by atoms with Crippen molar-refractivity contribution >= 4 is 5.91 Å². The topological polar surface area (TPSA) is 38.3 Å². The molecular weight excluding hydrogens is 295 g/mol. The van der Waals surface area contributed by atoms with Crippen LogP contribution in [0.15, 0.2) is 24.3 Å². The van der Waals surface area contributed by atoms with Crippen LogP contribution in [0, 0.1) is 5.92 Å². The van der Waals surface area contributed by atoms with E-state index in [1.165, 1.54) is 0 Å². The van der Waals surface area contributed by atoms with Crippen molar-refractivity contribution in [1.29, 1.82) is 0 Å². The lowest BCUT2D eigenvalue weighted by molar-refractivity contribution is -0.187. The molecule has 22 heavy (non-hydrogen) atoms. The number of hydrogen-bond acceptors (Lipinski definition) is 2. The summed E-state index contributed by atoms with van der Waals surface area (Å²) in [6, 6.07) is 5.85. The van der Waals surface area contributed by atoms with Crippen molar-refractivity contribution < 1.29 is 22.7 Å². The number of carbonyl (C=O) groups is 1. The van der Waals surface area contributed by atoms with E-state index in [0.29, 0.717) is 31.4 Å². The van der Waals surface area contributed by atoms with Crippen LogP contribution in [0.4, 0.5) is 13.2 Å². The molecule has 0 unspecified atom stereocenters. The maximum atomic E-state index is 13.0. The zero-order chi connectivity index (χ0) is 16.2. The first kappa shape index (κ1) is 16.8. The first-order valence-electron chi connectivity index (χ1n) is 7.37. The zero-order valence-corrected chi connectivity index (χ0v) is 12.5. The molecule has 0 aliphatic heterocycles. The molecule has 0 bridgehead atoms. The van der Waals surface area contributed by atoms with E-state index in [2.05, 4.69) is 5.32 Å². The van der Waals surface area contributed by atoms with Crippen LogP contribution in [0.5, 0.6) is 0 Å². The Balaban J connectivity index is 2.03. The van der Waals surface area contributed by atoms with Gasteiger partial charge >= 0.3 is 6.18 Å². The van der Waals surface area contributed by atoms with E-state index in [1.54, 1.807) is 31.4 Å². The molecule has 0 saturated heterocycles. The van der Waals surface area contributed by atoms with Gasteiger partial charge in [-0.3, -0.25) is 4.79 Å². The Morgan fingerprint density at radius 3 is 2.45 bits per heavy atom. The van der Waals surface area contributed by atoms with Crippen molar-refractivity contribution in [1.82, 2.24) is 5.32 Å². The molecule has 1 aliphatic rings. The van der Waals surface area contributed by atoms with Crippen LogP contribution in [-0.4, -0.2) is 25.2 Å². The summed E-state index contributed by atoms with van der Waals surface area (Å²) in [6.07, 6.45) is -2.54. The monoisotopic (exact) mass is 315 g/mol. The number of alkyl halides is 3. The zero-order valence-electron chi connectivity index (χ0n) is 12.5. The van der Waals surface area contributed by atoms with E-state index in [9.17, 15) is 18.0 Å². The van der Waals surface area contributed by atoms with Crippen LogP contribution in [0.25, 0.3) is 0 Å². The Labute approximate surface area is 127 Å². The predicted molar refractivity (Wildman–Crippen MR) is 76.4 cm³/mol. The van der Waals surface area contributed by atoms with Crippen molar-refractivity contribution in [3.05, 3.63) is 35.4 Å². The molecule has 1 aromatic rings. The summed E-state index contributed by atoms with van der Waals surface area (Å²) < 4.78 is 44.0. The van der Waals surface area contributed by atoms with Crippen LogP contribution in [0.3, 0.4) is 0 Å². The van der Waals surface area contributed by atoms with Crippen molar-refractivity contribution in [3.63, 3.8) is 0 Å². The third-order valence-electron chi connectivity index (χ3n) is 4.03. The lowest BCUT2D eigenvalue weighted by Crippen LogP contribution is -2.47. The van der Waals surface area contributed by atoms with Gasteiger partial charge in [0.1, 0.15) is 0 Å². The number of rotatable bonds is 4. The van der Waals surface area contributed by atoms with E-state index >= 15 is 0 Å². The van der Waals surface area contributed by atoms with E-state index in [0.717, 1.165) is 5.56 Å². The molecule has 1 aliphatic carbocycles. The van der Waals surface area contributed by atoms with Gasteiger partial charge in [0.25, 0.3) is 5.91 Å². The van der Waals surface area contributed by atoms with E-state index < -0.39 is 24.0 Å². The Morgan fingerprint density at radius 2 is 1.86 bits per heavy atom. The fourth-order valence-corrected chi connectivity index (χ4v) is 2.87.